The number of amides is 2. The van der Waals surface area contributed by atoms with Gasteiger partial charge in [0.15, 0.2) is 17.1 Å². The van der Waals surface area contributed by atoms with Gasteiger partial charge in [-0.15, -0.1) is 21.5 Å². The number of nitrogens with two attached hydrogens (primary N) is 1. The molecule has 0 spiro atoms. The smallest absolute Gasteiger partial charge is 0.341 e. The summed E-state index contributed by atoms with van der Waals surface area (Å²) in [5.74, 6) is -0.813. The number of hydrogen-bond donors (Lipinski definition) is 2. The number of carbonyl (C=O) groups is 3. The van der Waals surface area contributed by atoms with E-state index in [4.69, 9.17) is 38.4 Å². The molecule has 0 saturated heterocycles. The highest BCUT2D eigenvalue weighted by atomic mass is 35.5. The summed E-state index contributed by atoms with van der Waals surface area (Å²) in [6.45, 7) is 5.18. The first-order chi connectivity index (χ1) is 17.0. The van der Waals surface area contributed by atoms with Crippen LogP contribution in [0.5, 0.6) is 5.75 Å². The zero-order chi connectivity index (χ0) is 26.6. The molecule has 3 aromatic rings. The molecule has 0 aliphatic rings. The quantitative estimate of drug-likeness (QED) is 0.265. The molecule has 1 atom stereocenters. The Hall–Kier alpha value is -2.80. The highest BCUT2D eigenvalue weighted by Crippen LogP contribution is 2.34. The van der Waals surface area contributed by atoms with Crippen LogP contribution in [0, 0.1) is 6.92 Å². The number of nitrogens with zero attached hydrogens (tertiary/aromatic N) is 3. The van der Waals surface area contributed by atoms with E-state index in [-0.39, 0.29) is 27.8 Å². The second-order valence-corrected chi connectivity index (χ2v) is 10.2. The number of anilines is 1. The fourth-order valence-corrected chi connectivity index (χ4v) is 5.43. The van der Waals surface area contributed by atoms with Gasteiger partial charge in [-0.05, 0) is 44.5 Å². The van der Waals surface area contributed by atoms with Crippen LogP contribution < -0.4 is 15.8 Å². The summed E-state index contributed by atoms with van der Waals surface area (Å²) in [5, 5.41) is 12.5. The Bertz CT molecular complexity index is 1310. The lowest BCUT2D eigenvalue weighted by atomic mass is 10.1. The predicted octanol–water partition coefficient (Wildman–Crippen LogP) is 4.64. The van der Waals surface area contributed by atoms with Crippen molar-refractivity contribution in [2.75, 3.05) is 17.7 Å². The van der Waals surface area contributed by atoms with Crippen LogP contribution in [0.25, 0.3) is 0 Å². The number of thiophene rings is 1. The summed E-state index contributed by atoms with van der Waals surface area (Å²) in [5.41, 5.74) is 5.88. The minimum Gasteiger partial charge on any atom is -0.481 e. The molecule has 0 aliphatic heterocycles. The molecular weight excluding hydrogens is 549 g/mol. The summed E-state index contributed by atoms with van der Waals surface area (Å²) in [6, 6.07) is 4.91. The van der Waals surface area contributed by atoms with Gasteiger partial charge in [0.05, 0.1) is 27.8 Å². The highest BCUT2D eigenvalue weighted by molar-refractivity contribution is 7.99. The Balaban J connectivity index is 1.68. The number of halogens is 2. The molecule has 3 N–H and O–H groups in total. The zero-order valence-electron chi connectivity index (χ0n) is 19.8. The molecule has 1 aromatic carbocycles. The number of rotatable bonds is 10. The second kappa shape index (κ2) is 12.0. The fourth-order valence-electron chi connectivity index (χ4n) is 3.20. The third kappa shape index (κ3) is 6.30. The highest BCUT2D eigenvalue weighted by Gasteiger charge is 2.26. The van der Waals surface area contributed by atoms with Gasteiger partial charge in [-0.3, -0.25) is 9.59 Å². The van der Waals surface area contributed by atoms with E-state index in [1.165, 1.54) is 0 Å². The van der Waals surface area contributed by atoms with Crippen LogP contribution in [-0.4, -0.2) is 44.9 Å². The van der Waals surface area contributed by atoms with Gasteiger partial charge in [-0.25, -0.2) is 4.79 Å². The normalized spacial score (nSPS) is 11.7. The molecule has 2 aromatic heterocycles. The summed E-state index contributed by atoms with van der Waals surface area (Å²) >= 11 is 14.2. The molecule has 0 fully saturated rings. The van der Waals surface area contributed by atoms with Gasteiger partial charge in [0.1, 0.15) is 10.8 Å². The van der Waals surface area contributed by atoms with Crippen molar-refractivity contribution in [2.24, 2.45) is 12.8 Å². The maximum atomic E-state index is 12.7. The molecule has 2 heterocycles. The van der Waals surface area contributed by atoms with Crippen LogP contribution in [0.4, 0.5) is 5.00 Å². The van der Waals surface area contributed by atoms with Crippen molar-refractivity contribution in [1.29, 1.82) is 0 Å². The topological polar surface area (TPSA) is 138 Å². The predicted molar refractivity (Wildman–Crippen MR) is 139 cm³/mol. The molecule has 0 saturated carbocycles. The summed E-state index contributed by atoms with van der Waals surface area (Å²) in [7, 11) is 1.75. The van der Waals surface area contributed by atoms with Crippen molar-refractivity contribution < 1.29 is 23.9 Å². The first kappa shape index (κ1) is 27.8. The molecule has 3 rings (SSSR count). The third-order valence-corrected chi connectivity index (χ3v) is 7.64. The number of aromatic nitrogens is 3. The minimum absolute atomic E-state index is 0.0324. The van der Waals surface area contributed by atoms with E-state index in [2.05, 4.69) is 15.5 Å². The van der Waals surface area contributed by atoms with Crippen LogP contribution >= 0.6 is 46.3 Å². The van der Waals surface area contributed by atoms with E-state index in [1.807, 2.05) is 0 Å². The van der Waals surface area contributed by atoms with E-state index < -0.39 is 23.9 Å². The standard InChI is InChI=1S/C22H23Cl2N5O5S2/c1-5-33-21(32)16-10(2)17(18(25)31)36-20(16)26-15(30)9-35-22-28-27-19(29(22)4)11(3)34-14-7-6-12(23)8-13(14)24/h6-8,11H,5,9H2,1-4H3,(H2,25,31)(H,26,30). The zero-order valence-corrected chi connectivity index (χ0v) is 22.9. The Morgan fingerprint density at radius 1 is 1.28 bits per heavy atom. The molecule has 2 amide bonds. The Morgan fingerprint density at radius 3 is 2.64 bits per heavy atom. The first-order valence-electron chi connectivity index (χ1n) is 10.6. The van der Waals surface area contributed by atoms with Crippen LogP contribution in [0.1, 0.15) is 51.4 Å². The number of nitrogens with one attached hydrogen (secondary N) is 1. The largest absolute Gasteiger partial charge is 0.481 e. The molecule has 192 valence electrons. The summed E-state index contributed by atoms with van der Waals surface area (Å²) in [6.07, 6.45) is -0.488. The van der Waals surface area contributed by atoms with Gasteiger partial charge >= 0.3 is 5.97 Å². The summed E-state index contributed by atoms with van der Waals surface area (Å²) in [4.78, 5) is 37.0. The van der Waals surface area contributed by atoms with Gasteiger partial charge in [-0.2, -0.15) is 0 Å². The maximum Gasteiger partial charge on any atom is 0.341 e. The number of benzene rings is 1. The van der Waals surface area contributed by atoms with Crippen molar-refractivity contribution in [1.82, 2.24) is 14.8 Å². The number of primary amides is 1. The van der Waals surface area contributed by atoms with Gasteiger partial charge in [0.25, 0.3) is 5.91 Å². The van der Waals surface area contributed by atoms with E-state index in [1.54, 1.807) is 50.6 Å². The lowest BCUT2D eigenvalue weighted by molar-refractivity contribution is -0.113. The lowest BCUT2D eigenvalue weighted by Crippen LogP contribution is -2.17. The monoisotopic (exact) mass is 571 g/mol. The molecular formula is C22H23Cl2N5O5S2. The minimum atomic E-state index is -0.694. The molecule has 1 unspecified atom stereocenters. The van der Waals surface area contributed by atoms with Gasteiger partial charge < -0.3 is 25.1 Å². The van der Waals surface area contributed by atoms with Crippen LogP contribution in [0.2, 0.25) is 10.0 Å². The number of hydrogen-bond acceptors (Lipinski definition) is 9. The molecule has 36 heavy (non-hydrogen) atoms. The Morgan fingerprint density at radius 2 is 2.00 bits per heavy atom. The number of thioether (sulfide) groups is 1. The molecule has 0 radical (unpaired) electrons. The second-order valence-electron chi connectivity index (χ2n) is 7.42. The SMILES string of the molecule is CCOC(=O)c1c(NC(=O)CSc2nnc(C(C)Oc3ccc(Cl)cc3Cl)n2C)sc(C(N)=O)c1C. The number of ether oxygens (including phenoxy) is 2. The maximum absolute atomic E-state index is 12.7. The van der Waals surface area contributed by atoms with Crippen molar-refractivity contribution in [2.45, 2.75) is 32.0 Å². The first-order valence-corrected chi connectivity index (χ1v) is 13.1. The fraction of sp³-hybridized carbons (Fsp3) is 0.318. The van der Waals surface area contributed by atoms with Crippen molar-refractivity contribution in [3.8, 4) is 5.75 Å². The van der Waals surface area contributed by atoms with E-state index in [0.29, 0.717) is 32.3 Å². The Labute approximate surface area is 225 Å². The molecule has 0 aliphatic carbocycles. The van der Waals surface area contributed by atoms with Gasteiger partial charge in [0.2, 0.25) is 5.91 Å². The number of esters is 1. The van der Waals surface area contributed by atoms with Crippen LogP contribution in [-0.2, 0) is 16.6 Å². The van der Waals surface area contributed by atoms with E-state index in [0.717, 1.165) is 23.1 Å². The summed E-state index contributed by atoms with van der Waals surface area (Å²) < 4.78 is 12.7. The van der Waals surface area contributed by atoms with Gasteiger partial charge in [0, 0.05) is 12.1 Å². The van der Waals surface area contributed by atoms with Crippen molar-refractivity contribution in [3.05, 3.63) is 50.1 Å². The van der Waals surface area contributed by atoms with E-state index in [9.17, 15) is 14.4 Å². The Kier molecular flexibility index (Phi) is 9.23. The lowest BCUT2D eigenvalue weighted by Gasteiger charge is -2.15. The van der Waals surface area contributed by atoms with Gasteiger partial charge in [-0.1, -0.05) is 35.0 Å². The van der Waals surface area contributed by atoms with E-state index >= 15 is 0 Å². The average Bonchev–Trinajstić information content (AvgIpc) is 3.33. The van der Waals surface area contributed by atoms with Crippen molar-refractivity contribution >= 4 is 69.1 Å². The third-order valence-electron chi connectivity index (χ3n) is 4.87. The van der Waals surface area contributed by atoms with Crippen molar-refractivity contribution in [3.63, 3.8) is 0 Å². The number of carbonyl (C=O) groups excluding carboxylic acids is 3. The molecule has 14 heteroatoms. The van der Waals surface area contributed by atoms with Crippen LogP contribution in [0.3, 0.4) is 0 Å². The molecule has 10 nitrogen and oxygen atoms in total. The van der Waals surface area contributed by atoms with Crippen LogP contribution in [0.15, 0.2) is 23.4 Å². The average molecular weight is 572 g/mol. The molecule has 0 bridgehead atoms.